The van der Waals surface area contributed by atoms with Crippen molar-refractivity contribution in [3.8, 4) is 22.6 Å². The van der Waals surface area contributed by atoms with Crippen LogP contribution in [0.5, 0.6) is 11.5 Å². The van der Waals surface area contributed by atoms with E-state index in [-0.39, 0.29) is 0 Å². The van der Waals surface area contributed by atoms with Crippen molar-refractivity contribution in [2.75, 3.05) is 0 Å². The van der Waals surface area contributed by atoms with Gasteiger partial charge in [-0.2, -0.15) is 0 Å². The van der Waals surface area contributed by atoms with E-state index in [1.165, 1.54) is 0 Å². The van der Waals surface area contributed by atoms with E-state index in [0.717, 1.165) is 16.5 Å². The quantitative estimate of drug-likeness (QED) is 0.327. The molecular formula is C27H17ClO3. The number of ether oxygens (including phenoxy) is 1. The Hall–Kier alpha value is -3.53. The van der Waals surface area contributed by atoms with Crippen LogP contribution in [0.25, 0.3) is 22.1 Å². The molecule has 0 amide bonds. The number of rotatable bonds is 2. The lowest BCUT2D eigenvalue weighted by Gasteiger charge is -2.34. The molecule has 31 heavy (non-hydrogen) atoms. The molecule has 6 rings (SSSR count). The normalized spacial score (nSPS) is 17.1. The van der Waals surface area contributed by atoms with Gasteiger partial charge in [-0.3, -0.25) is 0 Å². The third kappa shape index (κ3) is 2.64. The lowest BCUT2D eigenvalue weighted by molar-refractivity contribution is 0.0883. The van der Waals surface area contributed by atoms with Crippen molar-refractivity contribution in [3.63, 3.8) is 0 Å². The highest BCUT2D eigenvalue weighted by atomic mass is 35.5. The predicted molar refractivity (Wildman–Crippen MR) is 122 cm³/mol. The molecule has 4 heteroatoms. The van der Waals surface area contributed by atoms with E-state index in [4.69, 9.17) is 20.8 Å². The molecule has 150 valence electrons. The first kappa shape index (κ1) is 18.3. The highest BCUT2D eigenvalue weighted by molar-refractivity contribution is 6.30. The number of furan rings is 1. The number of aliphatic hydroxyl groups is 1. The average Bonchev–Trinajstić information content (AvgIpc) is 3.19. The molecular weight excluding hydrogens is 408 g/mol. The van der Waals surface area contributed by atoms with Gasteiger partial charge in [-0.1, -0.05) is 78.3 Å². The molecule has 0 aliphatic carbocycles. The van der Waals surface area contributed by atoms with Crippen LogP contribution in [0.2, 0.25) is 5.02 Å². The van der Waals surface area contributed by atoms with E-state index in [1.807, 2.05) is 91.0 Å². The van der Waals surface area contributed by atoms with Crippen molar-refractivity contribution in [1.82, 2.24) is 0 Å². The van der Waals surface area contributed by atoms with E-state index in [2.05, 4.69) is 0 Å². The van der Waals surface area contributed by atoms with Crippen LogP contribution in [0.4, 0.5) is 0 Å². The van der Waals surface area contributed by atoms with E-state index in [9.17, 15) is 5.11 Å². The summed E-state index contributed by atoms with van der Waals surface area (Å²) in [7, 11) is 0. The molecule has 0 fully saturated rings. The maximum atomic E-state index is 12.5. The Morgan fingerprint density at radius 1 is 0.742 bits per heavy atom. The third-order valence-corrected chi connectivity index (χ3v) is 6.06. The monoisotopic (exact) mass is 424 g/mol. The summed E-state index contributed by atoms with van der Waals surface area (Å²) in [6.07, 6.45) is 0. The van der Waals surface area contributed by atoms with Gasteiger partial charge in [-0.25, -0.2) is 0 Å². The maximum absolute atomic E-state index is 12.5. The number of benzene rings is 4. The van der Waals surface area contributed by atoms with Crippen LogP contribution in [-0.4, -0.2) is 5.11 Å². The zero-order valence-electron chi connectivity index (χ0n) is 16.4. The molecule has 3 nitrogen and oxygen atoms in total. The molecule has 4 aromatic carbocycles. The van der Waals surface area contributed by atoms with Crippen molar-refractivity contribution in [3.05, 3.63) is 119 Å². The summed E-state index contributed by atoms with van der Waals surface area (Å²) in [6.45, 7) is 0. The Morgan fingerprint density at radius 3 is 2.35 bits per heavy atom. The number of fused-ring (bicyclic) bond motifs is 4. The van der Waals surface area contributed by atoms with E-state index in [1.54, 1.807) is 6.07 Å². The van der Waals surface area contributed by atoms with Crippen LogP contribution < -0.4 is 4.74 Å². The van der Waals surface area contributed by atoms with Crippen molar-refractivity contribution < 1.29 is 14.3 Å². The first-order valence-electron chi connectivity index (χ1n) is 10.0. The van der Waals surface area contributed by atoms with Gasteiger partial charge in [0.1, 0.15) is 11.3 Å². The fourth-order valence-corrected chi connectivity index (χ4v) is 4.58. The summed E-state index contributed by atoms with van der Waals surface area (Å²) in [5, 5.41) is 13.9. The van der Waals surface area contributed by atoms with Crippen molar-refractivity contribution >= 4 is 22.6 Å². The van der Waals surface area contributed by atoms with Gasteiger partial charge in [0.2, 0.25) is 0 Å². The first-order valence-corrected chi connectivity index (χ1v) is 10.4. The minimum Gasteiger partial charge on any atom is -0.453 e. The molecule has 1 aliphatic rings. The molecule has 0 spiro atoms. The van der Waals surface area contributed by atoms with E-state index in [0.29, 0.717) is 39.0 Å². The minimum atomic E-state index is -1.56. The second kappa shape index (κ2) is 6.74. The number of halogens is 1. The van der Waals surface area contributed by atoms with Gasteiger partial charge in [0, 0.05) is 16.1 Å². The summed E-state index contributed by atoms with van der Waals surface area (Å²) in [5.74, 6) is 1.50. The van der Waals surface area contributed by atoms with Crippen molar-refractivity contribution in [2.45, 2.75) is 5.60 Å². The van der Waals surface area contributed by atoms with Crippen molar-refractivity contribution in [2.24, 2.45) is 0 Å². The molecule has 0 saturated heterocycles. The predicted octanol–water partition coefficient (Wildman–Crippen LogP) is 7.14. The Labute approximate surface area is 184 Å². The summed E-state index contributed by atoms with van der Waals surface area (Å²) in [6, 6.07) is 30.6. The summed E-state index contributed by atoms with van der Waals surface area (Å²) < 4.78 is 12.5. The number of hydrogen-bond acceptors (Lipinski definition) is 3. The van der Waals surface area contributed by atoms with Gasteiger partial charge in [0.25, 0.3) is 0 Å². The van der Waals surface area contributed by atoms with E-state index >= 15 is 0 Å². The van der Waals surface area contributed by atoms with Crippen LogP contribution in [0.1, 0.15) is 16.9 Å². The molecule has 1 unspecified atom stereocenters. The summed E-state index contributed by atoms with van der Waals surface area (Å²) >= 11 is 6.39. The minimum absolute atomic E-state index is 0.368. The van der Waals surface area contributed by atoms with Gasteiger partial charge in [-0.05, 0) is 41.5 Å². The Bertz CT molecular complexity index is 1440. The van der Waals surface area contributed by atoms with Crippen LogP contribution in [-0.2, 0) is 5.60 Å². The summed E-state index contributed by atoms with van der Waals surface area (Å²) in [5.41, 5.74) is 2.20. The fourth-order valence-electron chi connectivity index (χ4n) is 4.40. The molecule has 0 radical (unpaired) electrons. The summed E-state index contributed by atoms with van der Waals surface area (Å²) in [4.78, 5) is 0. The largest absolute Gasteiger partial charge is 0.453 e. The lowest BCUT2D eigenvalue weighted by atomic mass is 9.78. The van der Waals surface area contributed by atoms with Gasteiger partial charge in [0.05, 0.1) is 5.39 Å². The van der Waals surface area contributed by atoms with Gasteiger partial charge in [-0.15, -0.1) is 0 Å². The fraction of sp³-hybridized carbons (Fsp3) is 0.0370. The Morgan fingerprint density at radius 2 is 1.48 bits per heavy atom. The zero-order valence-corrected chi connectivity index (χ0v) is 17.1. The van der Waals surface area contributed by atoms with Crippen molar-refractivity contribution in [1.29, 1.82) is 0 Å². The molecule has 1 aliphatic heterocycles. The Kier molecular flexibility index (Phi) is 3.97. The Balaban J connectivity index is 1.72. The second-order valence-corrected chi connectivity index (χ2v) is 8.06. The smallest absolute Gasteiger partial charge is 0.188 e. The average molecular weight is 425 g/mol. The number of para-hydroxylation sites is 2. The van der Waals surface area contributed by atoms with Crippen LogP contribution in [0.3, 0.4) is 0 Å². The molecule has 0 saturated carbocycles. The van der Waals surface area contributed by atoms with Crippen LogP contribution in [0.15, 0.2) is 101 Å². The van der Waals surface area contributed by atoms with Crippen LogP contribution >= 0.6 is 11.6 Å². The maximum Gasteiger partial charge on any atom is 0.188 e. The molecule has 1 N–H and O–H groups in total. The molecule has 5 aromatic rings. The third-order valence-electron chi connectivity index (χ3n) is 5.82. The van der Waals surface area contributed by atoms with E-state index < -0.39 is 5.60 Å². The lowest BCUT2D eigenvalue weighted by Crippen LogP contribution is -2.32. The highest BCUT2D eigenvalue weighted by Crippen LogP contribution is 2.55. The number of hydrogen-bond donors (Lipinski definition) is 1. The van der Waals surface area contributed by atoms with Gasteiger partial charge < -0.3 is 14.3 Å². The van der Waals surface area contributed by atoms with Crippen LogP contribution in [0, 0.1) is 0 Å². The molecule has 0 bridgehead atoms. The zero-order chi connectivity index (χ0) is 21.0. The first-order chi connectivity index (χ1) is 15.2. The van der Waals surface area contributed by atoms with Gasteiger partial charge in [0.15, 0.2) is 17.1 Å². The standard InChI is InChI=1S/C27H17ClO3/c28-18-14-15-21(20(16-18)17-8-2-1-3-9-17)27(29)22-11-5-7-13-24(22)30-25-19-10-4-6-12-23(19)31-26(25)27/h1-16,29H. The molecule has 1 atom stereocenters. The second-order valence-electron chi connectivity index (χ2n) is 7.62. The topological polar surface area (TPSA) is 42.6 Å². The molecule has 1 aromatic heterocycles. The SMILES string of the molecule is OC1(c2ccc(Cl)cc2-c2ccccc2)c2ccccc2Oc2c1oc1ccccc21. The highest BCUT2D eigenvalue weighted by Gasteiger charge is 2.47. The van der Waals surface area contributed by atoms with Gasteiger partial charge >= 0.3 is 0 Å². The molecule has 2 heterocycles.